The predicted molar refractivity (Wildman–Crippen MR) is 319 cm³/mol. The molecule has 2 aliphatic heterocycles. The van der Waals surface area contributed by atoms with Crippen molar-refractivity contribution in [3.8, 4) is 33.6 Å². The average Bonchev–Trinajstić information content (AvgIpc) is 1.42. The highest BCUT2D eigenvalue weighted by Crippen LogP contribution is 2.48. The van der Waals surface area contributed by atoms with Crippen LogP contribution in [0.15, 0.2) is 254 Å². The Labute approximate surface area is 460 Å². The van der Waals surface area contributed by atoms with Gasteiger partial charge in [0.2, 0.25) is 0 Å². The summed E-state index contributed by atoms with van der Waals surface area (Å²) in [5, 5.41) is -0.201. The van der Waals surface area contributed by atoms with Crippen LogP contribution in [0.2, 0.25) is 0 Å². The maximum Gasteiger partial charge on any atom is 0.252 e. The molecule has 13 aromatic rings. The number of aromatic nitrogens is 2. The maximum absolute atomic E-state index is 9.49. The van der Waals surface area contributed by atoms with Gasteiger partial charge in [-0.15, -0.1) is 0 Å². The molecule has 2 aliphatic rings. The summed E-state index contributed by atoms with van der Waals surface area (Å²) in [6.07, 6.45) is 0. The van der Waals surface area contributed by atoms with Crippen LogP contribution in [-0.4, -0.2) is 15.8 Å². The van der Waals surface area contributed by atoms with Crippen molar-refractivity contribution in [1.82, 2.24) is 9.13 Å². The van der Waals surface area contributed by atoms with Crippen molar-refractivity contribution in [2.75, 3.05) is 9.80 Å². The van der Waals surface area contributed by atoms with E-state index in [1.165, 1.54) is 9.13 Å². The second-order valence-corrected chi connectivity index (χ2v) is 20.2. The second kappa shape index (κ2) is 16.6. The maximum atomic E-state index is 9.49. The Kier molecular flexibility index (Phi) is 6.65. The second-order valence-electron chi connectivity index (χ2n) is 20.2. The molecule has 0 saturated carbocycles. The van der Waals surface area contributed by atoms with Crippen LogP contribution in [0.25, 0.3) is 77.2 Å². The van der Waals surface area contributed by atoms with Crippen LogP contribution in [0.3, 0.4) is 0 Å². The number of benzene rings is 11. The van der Waals surface area contributed by atoms with Crippen molar-refractivity contribution >= 4 is 101 Å². The Hall–Kier alpha value is -9.32. The molecular weight excluding hydrogens is 908 g/mol. The number of para-hydroxylation sites is 4. The largest absolute Gasteiger partial charge is 0.311 e. The van der Waals surface area contributed by atoms with Gasteiger partial charge in [0.05, 0.1) is 44.0 Å². The first-order valence-corrected chi connectivity index (χ1v) is 24.9. The fourth-order valence-electron chi connectivity index (χ4n) is 11.5. The van der Waals surface area contributed by atoms with Gasteiger partial charge >= 0.3 is 0 Å². The third-order valence-electron chi connectivity index (χ3n) is 14.9. The van der Waals surface area contributed by atoms with Crippen LogP contribution < -0.4 is 26.2 Å². The van der Waals surface area contributed by atoms with Gasteiger partial charge in [0.15, 0.2) is 0 Å². The first-order valence-electron chi connectivity index (χ1n) is 32.9. The number of hydrogen-bond donors (Lipinski definition) is 0. The lowest BCUT2D eigenvalue weighted by molar-refractivity contribution is 0.590. The zero-order valence-electron chi connectivity index (χ0n) is 56.9. The molecule has 0 atom stereocenters. The summed E-state index contributed by atoms with van der Waals surface area (Å²) in [6, 6.07) is 44.4. The number of nitrogens with zero attached hydrogens (tertiary/aromatic N) is 4. The standard InChI is InChI=1S/C70H51BN4/c1-70(2,3)50-42-67-69-68(43-50)75(52-27-19-25-49(41-52)47-22-8-5-9-23-47)66-45-54(73-63-34-16-12-30-57(63)58-31-13-17-35-64(58)73)37-39-60(66)71(69)59-38-36-53(72-61-32-14-10-28-55(61)56-29-11-15-33-62(56)72)44-65(59)74(67)51-26-18-24-48(40-51)46-20-6-4-7-21-46/h4-45H,1-3H3/i10D,11D,12D,13D,14D,15D,16D,17D,28D,29D,30D,31D,32D,33D,34D,35D. The Morgan fingerprint density at radius 2 is 0.720 bits per heavy atom. The van der Waals surface area contributed by atoms with Crippen LogP contribution in [-0.2, 0) is 5.41 Å². The van der Waals surface area contributed by atoms with Crippen molar-refractivity contribution in [1.29, 1.82) is 0 Å². The van der Waals surface area contributed by atoms with E-state index in [0.717, 1.165) is 67.0 Å². The molecule has 0 amide bonds. The zero-order valence-corrected chi connectivity index (χ0v) is 40.9. The monoisotopic (exact) mass is 975 g/mol. The van der Waals surface area contributed by atoms with Crippen LogP contribution >= 0.6 is 0 Å². The van der Waals surface area contributed by atoms with E-state index in [4.69, 9.17) is 11.0 Å². The molecule has 5 heteroatoms. The van der Waals surface area contributed by atoms with Gasteiger partial charge in [0.1, 0.15) is 0 Å². The lowest BCUT2D eigenvalue weighted by Crippen LogP contribution is -2.61. The lowest BCUT2D eigenvalue weighted by Gasteiger charge is -2.45. The minimum Gasteiger partial charge on any atom is -0.311 e. The highest BCUT2D eigenvalue weighted by atomic mass is 15.2. The third kappa shape index (κ3) is 6.71. The molecular formula is C70H51BN4. The first kappa shape index (κ1) is 30.0. The summed E-state index contributed by atoms with van der Waals surface area (Å²) in [5.41, 5.74) is 11.7. The Morgan fingerprint density at radius 1 is 0.347 bits per heavy atom. The summed E-state index contributed by atoms with van der Waals surface area (Å²) >= 11 is 0. The van der Waals surface area contributed by atoms with Gasteiger partial charge in [0.25, 0.3) is 6.71 Å². The molecule has 0 radical (unpaired) electrons. The Morgan fingerprint density at radius 3 is 1.11 bits per heavy atom. The van der Waals surface area contributed by atoms with Crippen molar-refractivity contribution in [2.45, 2.75) is 26.2 Å². The summed E-state index contributed by atoms with van der Waals surface area (Å²) < 4.78 is 149. The number of fused-ring (bicyclic) bond motifs is 10. The molecule has 0 saturated heterocycles. The molecule has 0 fully saturated rings. The van der Waals surface area contributed by atoms with Gasteiger partial charge in [-0.05, 0) is 134 Å². The van der Waals surface area contributed by atoms with Gasteiger partial charge in [-0.2, -0.15) is 0 Å². The molecule has 0 unspecified atom stereocenters. The molecule has 0 spiro atoms. The van der Waals surface area contributed by atoms with E-state index in [-0.39, 0.29) is 43.6 Å². The van der Waals surface area contributed by atoms with Gasteiger partial charge in [-0.1, -0.05) is 190 Å². The van der Waals surface area contributed by atoms with Crippen LogP contribution in [0.4, 0.5) is 34.1 Å². The van der Waals surface area contributed by atoms with E-state index < -0.39 is 109 Å². The van der Waals surface area contributed by atoms with E-state index in [9.17, 15) is 11.0 Å². The highest BCUT2D eigenvalue weighted by Gasteiger charge is 2.44. The van der Waals surface area contributed by atoms with E-state index in [1.807, 2.05) is 133 Å². The zero-order chi connectivity index (χ0) is 63.9. The molecule has 75 heavy (non-hydrogen) atoms. The minimum absolute atomic E-state index is 0.0252. The van der Waals surface area contributed by atoms with Gasteiger partial charge < -0.3 is 18.9 Å². The molecule has 4 heterocycles. The van der Waals surface area contributed by atoms with Gasteiger partial charge in [0, 0.05) is 67.0 Å². The van der Waals surface area contributed by atoms with Gasteiger partial charge in [-0.3, -0.25) is 0 Å². The number of anilines is 6. The molecule has 2 aromatic heterocycles. The molecule has 354 valence electrons. The first-order chi connectivity index (χ1) is 43.5. The van der Waals surface area contributed by atoms with Crippen molar-refractivity contribution in [3.63, 3.8) is 0 Å². The van der Waals surface area contributed by atoms with Crippen molar-refractivity contribution < 1.29 is 21.9 Å². The van der Waals surface area contributed by atoms with Crippen molar-refractivity contribution in [3.05, 3.63) is 260 Å². The van der Waals surface area contributed by atoms with Gasteiger partial charge in [-0.25, -0.2) is 0 Å². The Balaban J connectivity index is 1.10. The predicted octanol–water partition coefficient (Wildman–Crippen LogP) is 16.6. The number of hydrogen-bond acceptors (Lipinski definition) is 2. The normalized spacial score (nSPS) is 15.9. The van der Waals surface area contributed by atoms with E-state index in [2.05, 4.69) is 54.8 Å². The smallest absolute Gasteiger partial charge is 0.252 e. The fourth-order valence-corrected chi connectivity index (χ4v) is 11.5. The molecule has 11 aromatic carbocycles. The number of rotatable bonds is 6. The molecule has 4 nitrogen and oxygen atoms in total. The highest BCUT2D eigenvalue weighted by molar-refractivity contribution is 7.00. The quantitative estimate of drug-likeness (QED) is 0.154. The van der Waals surface area contributed by atoms with Crippen LogP contribution in [0.5, 0.6) is 0 Å². The van der Waals surface area contributed by atoms with E-state index >= 15 is 0 Å². The van der Waals surface area contributed by atoms with Crippen LogP contribution in [0.1, 0.15) is 48.3 Å². The third-order valence-corrected chi connectivity index (χ3v) is 14.9. The van der Waals surface area contributed by atoms with E-state index in [1.54, 1.807) is 0 Å². The SMILES string of the molecule is [2H]c1c([2H])c([2H])c2c(c1[2H])c1c([2H])c([2H])c([2H])c([2H])c1n2-c1ccc2c(c1)N(c1cccc(-c3ccccc3)c1)c1cc(C(C)(C)C)cc3c1B2c1ccc(-n2c4c([2H])c([2H])c([2H])c([2H])c4c4c([2H])c([2H])c([2H])c([2H])c42)cc1N3c1cccc(-c2ccccc2)c1. The minimum atomic E-state index is -0.616. The fraction of sp³-hybridized carbons (Fsp3) is 0.0571. The summed E-state index contributed by atoms with van der Waals surface area (Å²) in [4.78, 5) is 4.40. The Bertz CT molecular complexity index is 4920. The van der Waals surface area contributed by atoms with Crippen LogP contribution in [0, 0.1) is 0 Å². The van der Waals surface area contributed by atoms with Crippen molar-refractivity contribution in [2.24, 2.45) is 0 Å². The lowest BCUT2D eigenvalue weighted by atomic mass is 9.33. The summed E-state index contributed by atoms with van der Waals surface area (Å²) in [6.45, 7) is 5.80. The average molecular weight is 975 g/mol. The summed E-state index contributed by atoms with van der Waals surface area (Å²) in [5.74, 6) is 0. The topological polar surface area (TPSA) is 16.3 Å². The molecule has 0 aliphatic carbocycles. The molecule has 0 N–H and O–H groups in total. The van der Waals surface area contributed by atoms with E-state index in [0.29, 0.717) is 22.7 Å². The molecule has 15 rings (SSSR count). The summed E-state index contributed by atoms with van der Waals surface area (Å²) in [7, 11) is 0. The molecule has 0 bridgehead atoms.